The first-order valence-electron chi connectivity index (χ1n) is 7.08. The lowest BCUT2D eigenvalue weighted by Gasteiger charge is -1.99. The molecule has 0 N–H and O–H groups in total. The number of hydrogen-bond acceptors (Lipinski definition) is 4. The number of benzene rings is 2. The highest BCUT2D eigenvalue weighted by Gasteiger charge is 2.06. The maximum Gasteiger partial charge on any atom is 0.269 e. The largest absolute Gasteiger partial charge is 0.391 e. The van der Waals surface area contributed by atoms with Crippen LogP contribution in [0.25, 0.3) is 10.9 Å². The monoisotopic (exact) mass is 309 g/mol. The van der Waals surface area contributed by atoms with E-state index >= 15 is 0 Å². The Balaban J connectivity index is 1.69. The molecule has 1 aromatic heterocycles. The van der Waals surface area contributed by atoms with Crippen molar-refractivity contribution in [3.8, 4) is 0 Å². The Hall–Kier alpha value is -3.15. The van der Waals surface area contributed by atoms with E-state index < -0.39 is 4.92 Å². The molecule has 0 radical (unpaired) electrons. The van der Waals surface area contributed by atoms with E-state index in [0.717, 1.165) is 16.5 Å². The second kappa shape index (κ2) is 6.31. The lowest BCUT2D eigenvalue weighted by atomic mass is 10.2. The number of aryl methyl sites for hydroxylation is 1. The molecule has 0 aliphatic carbocycles. The summed E-state index contributed by atoms with van der Waals surface area (Å²) in [6, 6.07) is 14.3. The van der Waals surface area contributed by atoms with Crippen molar-refractivity contribution >= 4 is 22.8 Å². The van der Waals surface area contributed by atoms with Gasteiger partial charge in [-0.2, -0.15) is 0 Å². The summed E-state index contributed by atoms with van der Waals surface area (Å²) in [6.07, 6.45) is 3.63. The highest BCUT2D eigenvalue weighted by molar-refractivity contribution is 5.99. The molecule has 116 valence electrons. The Morgan fingerprint density at radius 3 is 2.91 bits per heavy atom. The highest BCUT2D eigenvalue weighted by atomic mass is 16.6. The maximum absolute atomic E-state index is 10.7. The number of hydrogen-bond donors (Lipinski definition) is 0. The van der Waals surface area contributed by atoms with E-state index in [4.69, 9.17) is 4.84 Å². The molecule has 3 rings (SSSR count). The predicted octanol–water partition coefficient (Wildman–Crippen LogP) is 3.64. The van der Waals surface area contributed by atoms with E-state index in [9.17, 15) is 10.1 Å². The van der Waals surface area contributed by atoms with Crippen LogP contribution in [0.2, 0.25) is 0 Å². The predicted molar refractivity (Wildman–Crippen MR) is 88.4 cm³/mol. The minimum Gasteiger partial charge on any atom is -0.391 e. The van der Waals surface area contributed by atoms with Crippen molar-refractivity contribution in [2.24, 2.45) is 12.2 Å². The van der Waals surface area contributed by atoms with Crippen LogP contribution in [0.5, 0.6) is 0 Å². The Morgan fingerprint density at radius 2 is 2.09 bits per heavy atom. The molecule has 0 fully saturated rings. The van der Waals surface area contributed by atoms with Gasteiger partial charge in [0.15, 0.2) is 0 Å². The lowest BCUT2D eigenvalue weighted by molar-refractivity contribution is -0.384. The molecular weight excluding hydrogens is 294 g/mol. The van der Waals surface area contributed by atoms with Gasteiger partial charge >= 0.3 is 0 Å². The smallest absolute Gasteiger partial charge is 0.269 e. The fourth-order valence-electron chi connectivity index (χ4n) is 2.44. The van der Waals surface area contributed by atoms with E-state index in [-0.39, 0.29) is 12.3 Å². The van der Waals surface area contributed by atoms with Crippen molar-refractivity contribution in [1.29, 1.82) is 0 Å². The number of nitrogens with zero attached hydrogens (tertiary/aromatic N) is 3. The Bertz CT molecular complexity index is 884. The Labute approximate surface area is 132 Å². The van der Waals surface area contributed by atoms with Gasteiger partial charge in [-0.3, -0.25) is 10.1 Å². The van der Waals surface area contributed by atoms with Crippen LogP contribution in [0, 0.1) is 10.1 Å². The standard InChI is InChI=1S/C17H15N3O3/c1-19-11-14(16-7-2-3-8-17(16)19)10-18-23-12-13-5-4-6-15(9-13)20(21)22/h2-11H,12H2,1H3/b18-10-. The summed E-state index contributed by atoms with van der Waals surface area (Å²) in [5, 5.41) is 15.8. The topological polar surface area (TPSA) is 69.7 Å². The molecule has 2 aromatic carbocycles. The fourth-order valence-corrected chi connectivity index (χ4v) is 2.44. The van der Waals surface area contributed by atoms with E-state index in [2.05, 4.69) is 5.16 Å². The number of para-hydroxylation sites is 1. The van der Waals surface area contributed by atoms with Crippen LogP contribution in [0.15, 0.2) is 59.9 Å². The minimum atomic E-state index is -0.428. The summed E-state index contributed by atoms with van der Waals surface area (Å²) in [7, 11) is 1.98. The molecule has 0 saturated carbocycles. The van der Waals surface area contributed by atoms with Gasteiger partial charge in [-0.05, 0) is 11.6 Å². The van der Waals surface area contributed by atoms with Gasteiger partial charge in [0.1, 0.15) is 6.61 Å². The fraction of sp³-hybridized carbons (Fsp3) is 0.118. The van der Waals surface area contributed by atoms with Crippen molar-refractivity contribution in [3.05, 3.63) is 76.0 Å². The van der Waals surface area contributed by atoms with Gasteiger partial charge in [-0.1, -0.05) is 35.5 Å². The van der Waals surface area contributed by atoms with E-state index in [1.807, 2.05) is 42.1 Å². The molecule has 3 aromatic rings. The molecule has 1 heterocycles. The summed E-state index contributed by atoms with van der Waals surface area (Å²) in [5.41, 5.74) is 2.83. The second-order valence-electron chi connectivity index (χ2n) is 5.15. The molecule has 0 amide bonds. The molecule has 6 heteroatoms. The molecule has 0 bridgehead atoms. The van der Waals surface area contributed by atoms with Crippen LogP contribution in [0.4, 0.5) is 5.69 Å². The first kappa shape index (κ1) is 14.8. The molecule has 0 atom stereocenters. The summed E-state index contributed by atoms with van der Waals surface area (Å²) >= 11 is 0. The molecule has 0 spiro atoms. The summed E-state index contributed by atoms with van der Waals surface area (Å²) in [5.74, 6) is 0. The van der Waals surface area contributed by atoms with Crippen LogP contribution < -0.4 is 0 Å². The third-order valence-electron chi connectivity index (χ3n) is 3.55. The number of nitro benzene ring substituents is 1. The molecule has 6 nitrogen and oxygen atoms in total. The zero-order valence-electron chi connectivity index (χ0n) is 12.5. The van der Waals surface area contributed by atoms with Gasteiger partial charge in [-0.25, -0.2) is 0 Å². The highest BCUT2D eigenvalue weighted by Crippen LogP contribution is 2.19. The lowest BCUT2D eigenvalue weighted by Crippen LogP contribution is -1.92. The zero-order chi connectivity index (χ0) is 16.2. The number of aromatic nitrogens is 1. The van der Waals surface area contributed by atoms with Gasteiger partial charge < -0.3 is 9.40 Å². The van der Waals surface area contributed by atoms with Gasteiger partial charge in [-0.15, -0.1) is 0 Å². The van der Waals surface area contributed by atoms with E-state index in [0.29, 0.717) is 5.56 Å². The second-order valence-corrected chi connectivity index (χ2v) is 5.15. The first-order valence-corrected chi connectivity index (χ1v) is 7.08. The third-order valence-corrected chi connectivity index (χ3v) is 3.55. The van der Waals surface area contributed by atoms with E-state index in [1.54, 1.807) is 18.3 Å². The van der Waals surface area contributed by atoms with Crippen molar-refractivity contribution in [2.75, 3.05) is 0 Å². The van der Waals surface area contributed by atoms with Gasteiger partial charge in [0.05, 0.1) is 11.1 Å². The summed E-state index contributed by atoms with van der Waals surface area (Å²) in [6.45, 7) is 0.183. The molecule has 0 aliphatic heterocycles. The maximum atomic E-state index is 10.7. The van der Waals surface area contributed by atoms with E-state index in [1.165, 1.54) is 12.1 Å². The molecule has 0 aliphatic rings. The first-order chi connectivity index (χ1) is 11.1. The van der Waals surface area contributed by atoms with Crippen LogP contribution in [-0.2, 0) is 18.5 Å². The average Bonchev–Trinajstić information content (AvgIpc) is 2.89. The average molecular weight is 309 g/mol. The van der Waals surface area contributed by atoms with Crippen LogP contribution in [0.1, 0.15) is 11.1 Å². The minimum absolute atomic E-state index is 0.0455. The van der Waals surface area contributed by atoms with Crippen molar-refractivity contribution in [1.82, 2.24) is 4.57 Å². The quantitative estimate of drug-likeness (QED) is 0.410. The van der Waals surface area contributed by atoms with Crippen LogP contribution >= 0.6 is 0 Å². The number of nitro groups is 1. The van der Waals surface area contributed by atoms with Crippen molar-refractivity contribution in [3.63, 3.8) is 0 Å². The normalized spacial score (nSPS) is 11.2. The Kier molecular flexibility index (Phi) is 4.05. The SMILES string of the molecule is Cn1cc(/C=N\OCc2cccc([N+](=O)[O-])c2)c2ccccc21. The van der Waals surface area contributed by atoms with Gasteiger partial charge in [0.25, 0.3) is 5.69 Å². The number of non-ortho nitro benzene ring substituents is 1. The number of oxime groups is 1. The third kappa shape index (κ3) is 3.21. The van der Waals surface area contributed by atoms with Crippen molar-refractivity contribution in [2.45, 2.75) is 6.61 Å². The van der Waals surface area contributed by atoms with Crippen molar-refractivity contribution < 1.29 is 9.76 Å². The molecule has 23 heavy (non-hydrogen) atoms. The molecule has 0 saturated heterocycles. The van der Waals surface area contributed by atoms with Gasteiger partial charge in [0, 0.05) is 41.8 Å². The summed E-state index contributed by atoms with van der Waals surface area (Å²) in [4.78, 5) is 15.6. The Morgan fingerprint density at radius 1 is 1.26 bits per heavy atom. The molecular formula is C17H15N3O3. The van der Waals surface area contributed by atoms with Gasteiger partial charge in [0.2, 0.25) is 0 Å². The van der Waals surface area contributed by atoms with Crippen LogP contribution in [-0.4, -0.2) is 15.7 Å². The number of fused-ring (bicyclic) bond motifs is 1. The zero-order valence-corrected chi connectivity index (χ0v) is 12.5. The van der Waals surface area contributed by atoms with Crippen LogP contribution in [0.3, 0.4) is 0 Å². The number of rotatable bonds is 5. The summed E-state index contributed by atoms with van der Waals surface area (Å²) < 4.78 is 2.03. The molecule has 0 unspecified atom stereocenters.